The summed E-state index contributed by atoms with van der Waals surface area (Å²) in [5.41, 5.74) is 4.47. The molecule has 2 amide bonds. The van der Waals surface area contributed by atoms with Crippen molar-refractivity contribution in [3.63, 3.8) is 0 Å². The van der Waals surface area contributed by atoms with E-state index < -0.39 is 30.5 Å². The summed E-state index contributed by atoms with van der Waals surface area (Å²) >= 11 is 17.6. The number of carbonyl (C=O) groups is 3. The minimum Gasteiger partial charge on any atom is -0.477 e. The Morgan fingerprint density at radius 1 is 1.00 bits per heavy atom. The van der Waals surface area contributed by atoms with Crippen LogP contribution in [0, 0.1) is 0 Å². The van der Waals surface area contributed by atoms with Crippen molar-refractivity contribution in [2.75, 3.05) is 6.61 Å². The van der Waals surface area contributed by atoms with Gasteiger partial charge in [0, 0.05) is 5.02 Å². The third-order valence-corrected chi connectivity index (χ3v) is 4.17. The van der Waals surface area contributed by atoms with Gasteiger partial charge in [-0.1, -0.05) is 46.9 Å². The van der Waals surface area contributed by atoms with Crippen LogP contribution in [-0.4, -0.2) is 30.5 Å². The largest absolute Gasteiger partial charge is 0.477 e. The second kappa shape index (κ2) is 10.2. The van der Waals surface area contributed by atoms with Crippen LogP contribution in [0.2, 0.25) is 15.1 Å². The van der Waals surface area contributed by atoms with Gasteiger partial charge >= 0.3 is 5.97 Å². The van der Waals surface area contributed by atoms with E-state index in [-0.39, 0.29) is 21.4 Å². The molecular formula is C18H15Cl3N2O5. The molecule has 0 radical (unpaired) electrons. The van der Waals surface area contributed by atoms with Gasteiger partial charge in [0.2, 0.25) is 0 Å². The van der Waals surface area contributed by atoms with Gasteiger partial charge < -0.3 is 9.47 Å². The van der Waals surface area contributed by atoms with Crippen LogP contribution >= 0.6 is 34.8 Å². The number of hydrazine groups is 1. The summed E-state index contributed by atoms with van der Waals surface area (Å²) in [5, 5.41) is 0.878. The van der Waals surface area contributed by atoms with Crippen molar-refractivity contribution in [1.29, 1.82) is 0 Å². The maximum Gasteiger partial charge on any atom is 0.347 e. The second-order valence-electron chi connectivity index (χ2n) is 5.42. The Bertz CT molecular complexity index is 891. The minimum atomic E-state index is -1.02. The van der Waals surface area contributed by atoms with E-state index in [9.17, 15) is 14.4 Å². The molecule has 0 saturated heterocycles. The molecule has 1 atom stereocenters. The molecule has 0 saturated carbocycles. The molecule has 0 heterocycles. The SMILES string of the molecule is C[C@H](Oc1ccc(Cl)cc1Cl)C(=O)OCC(=O)NNC(=O)c1ccccc1Cl. The fourth-order valence-corrected chi connectivity index (χ4v) is 2.61. The molecule has 2 aromatic rings. The van der Waals surface area contributed by atoms with Crippen LogP contribution in [0.1, 0.15) is 17.3 Å². The zero-order valence-electron chi connectivity index (χ0n) is 14.5. The lowest BCUT2D eigenvalue weighted by Crippen LogP contribution is -2.44. The summed E-state index contributed by atoms with van der Waals surface area (Å²) in [6.07, 6.45) is -1.02. The lowest BCUT2D eigenvalue weighted by Gasteiger charge is -2.15. The molecule has 2 aromatic carbocycles. The van der Waals surface area contributed by atoms with Crippen LogP contribution in [0.3, 0.4) is 0 Å². The van der Waals surface area contributed by atoms with Crippen LogP contribution in [-0.2, 0) is 14.3 Å². The van der Waals surface area contributed by atoms with Gasteiger partial charge in [0.15, 0.2) is 12.7 Å². The standard InChI is InChI=1S/C18H15Cl3N2O5/c1-10(28-15-7-6-11(19)8-14(15)21)18(26)27-9-16(24)22-23-17(25)12-4-2-3-5-13(12)20/h2-8,10H,9H2,1H3,(H,22,24)(H,23,25)/t10-/m0/s1. The van der Waals surface area contributed by atoms with Crippen LogP contribution < -0.4 is 15.6 Å². The number of hydrogen-bond acceptors (Lipinski definition) is 5. The molecule has 7 nitrogen and oxygen atoms in total. The van der Waals surface area contributed by atoms with Gasteiger partial charge in [-0.2, -0.15) is 0 Å². The summed E-state index contributed by atoms with van der Waals surface area (Å²) in [4.78, 5) is 35.6. The van der Waals surface area contributed by atoms with Crippen molar-refractivity contribution in [2.45, 2.75) is 13.0 Å². The zero-order chi connectivity index (χ0) is 20.7. The number of nitrogens with one attached hydrogen (secondary N) is 2. The third kappa shape index (κ3) is 6.30. The lowest BCUT2D eigenvalue weighted by molar-refractivity contribution is -0.154. The molecule has 28 heavy (non-hydrogen) atoms. The van der Waals surface area contributed by atoms with E-state index in [1.165, 1.54) is 31.2 Å². The van der Waals surface area contributed by atoms with Gasteiger partial charge in [-0.3, -0.25) is 20.4 Å². The quantitative estimate of drug-likeness (QED) is 0.525. The number of rotatable bonds is 6. The number of ether oxygens (including phenoxy) is 2. The summed E-state index contributed by atoms with van der Waals surface area (Å²) < 4.78 is 10.2. The Hall–Kier alpha value is -2.48. The molecule has 0 spiro atoms. The first-order valence-electron chi connectivity index (χ1n) is 7.90. The topological polar surface area (TPSA) is 93.7 Å². The van der Waals surface area contributed by atoms with Crippen LogP contribution in [0.25, 0.3) is 0 Å². The summed E-state index contributed by atoms with van der Waals surface area (Å²) in [6, 6.07) is 10.8. The molecule has 2 rings (SSSR count). The maximum absolute atomic E-state index is 11.9. The second-order valence-corrected chi connectivity index (χ2v) is 6.68. The van der Waals surface area contributed by atoms with Crippen molar-refractivity contribution in [2.24, 2.45) is 0 Å². The number of esters is 1. The fourth-order valence-electron chi connectivity index (χ4n) is 1.94. The summed E-state index contributed by atoms with van der Waals surface area (Å²) in [6.45, 7) is 0.814. The fraction of sp³-hybridized carbons (Fsp3) is 0.167. The Morgan fingerprint density at radius 2 is 1.71 bits per heavy atom. The van der Waals surface area contributed by atoms with Crippen molar-refractivity contribution in [1.82, 2.24) is 10.9 Å². The number of halogens is 3. The number of hydrogen-bond donors (Lipinski definition) is 2. The first-order chi connectivity index (χ1) is 13.3. The normalized spacial score (nSPS) is 11.3. The number of benzene rings is 2. The molecule has 0 bridgehead atoms. The average Bonchev–Trinajstić information content (AvgIpc) is 2.66. The van der Waals surface area contributed by atoms with E-state index in [1.54, 1.807) is 18.2 Å². The Labute approximate surface area is 175 Å². The molecule has 0 unspecified atom stereocenters. The molecule has 10 heteroatoms. The predicted molar refractivity (Wildman–Crippen MR) is 105 cm³/mol. The molecule has 0 aliphatic heterocycles. The minimum absolute atomic E-state index is 0.184. The molecule has 0 fully saturated rings. The molecule has 0 aromatic heterocycles. The molecule has 0 aliphatic rings. The van der Waals surface area contributed by atoms with E-state index in [0.29, 0.717) is 5.02 Å². The average molecular weight is 446 g/mol. The van der Waals surface area contributed by atoms with Crippen molar-refractivity contribution >= 4 is 52.6 Å². The highest BCUT2D eigenvalue weighted by molar-refractivity contribution is 6.35. The first-order valence-corrected chi connectivity index (χ1v) is 9.03. The van der Waals surface area contributed by atoms with Crippen molar-refractivity contribution in [3.8, 4) is 5.75 Å². The Morgan fingerprint density at radius 3 is 2.39 bits per heavy atom. The van der Waals surface area contributed by atoms with Gasteiger partial charge in [0.25, 0.3) is 11.8 Å². The van der Waals surface area contributed by atoms with E-state index >= 15 is 0 Å². The summed E-state index contributed by atoms with van der Waals surface area (Å²) in [7, 11) is 0. The predicted octanol–water partition coefficient (Wildman–Crippen LogP) is 3.42. The van der Waals surface area contributed by atoms with Gasteiger partial charge in [0.05, 0.1) is 15.6 Å². The maximum atomic E-state index is 11.9. The van der Waals surface area contributed by atoms with Gasteiger partial charge in [-0.05, 0) is 37.3 Å². The van der Waals surface area contributed by atoms with Crippen molar-refractivity contribution < 1.29 is 23.9 Å². The van der Waals surface area contributed by atoms with Crippen molar-refractivity contribution in [3.05, 3.63) is 63.1 Å². The molecular weight excluding hydrogens is 431 g/mol. The smallest absolute Gasteiger partial charge is 0.347 e. The van der Waals surface area contributed by atoms with E-state index in [0.717, 1.165) is 0 Å². The number of carbonyl (C=O) groups excluding carboxylic acids is 3. The van der Waals surface area contributed by atoms with E-state index in [4.69, 9.17) is 44.3 Å². The summed E-state index contributed by atoms with van der Waals surface area (Å²) in [5.74, 6) is -1.91. The zero-order valence-corrected chi connectivity index (χ0v) is 16.8. The highest BCUT2D eigenvalue weighted by Gasteiger charge is 2.19. The highest BCUT2D eigenvalue weighted by Crippen LogP contribution is 2.28. The third-order valence-electron chi connectivity index (χ3n) is 3.31. The van der Waals surface area contributed by atoms with E-state index in [2.05, 4.69) is 10.9 Å². The van der Waals surface area contributed by atoms with Crippen LogP contribution in [0.15, 0.2) is 42.5 Å². The monoisotopic (exact) mass is 444 g/mol. The molecule has 0 aliphatic carbocycles. The van der Waals surface area contributed by atoms with Gasteiger partial charge in [-0.15, -0.1) is 0 Å². The highest BCUT2D eigenvalue weighted by atomic mass is 35.5. The Balaban J connectivity index is 1.77. The van der Waals surface area contributed by atoms with Crippen LogP contribution in [0.4, 0.5) is 0 Å². The molecule has 2 N–H and O–H groups in total. The van der Waals surface area contributed by atoms with Crippen LogP contribution in [0.5, 0.6) is 5.75 Å². The lowest BCUT2D eigenvalue weighted by atomic mass is 10.2. The Kier molecular flexibility index (Phi) is 7.92. The first kappa shape index (κ1) is 21.8. The molecule has 148 valence electrons. The van der Waals surface area contributed by atoms with Gasteiger partial charge in [0.1, 0.15) is 5.75 Å². The van der Waals surface area contributed by atoms with E-state index in [1.807, 2.05) is 0 Å². The number of amides is 2. The van der Waals surface area contributed by atoms with Gasteiger partial charge in [-0.25, -0.2) is 4.79 Å².